The predicted molar refractivity (Wildman–Crippen MR) is 77.5 cm³/mol. The first-order valence-corrected chi connectivity index (χ1v) is 8.64. The van der Waals surface area contributed by atoms with Crippen LogP contribution in [0.5, 0.6) is 0 Å². The largest absolute Gasteiger partial charge is 0.391 e. The Morgan fingerprint density at radius 3 is 2.68 bits per heavy atom. The summed E-state index contributed by atoms with van der Waals surface area (Å²) in [5.74, 6) is 0. The third-order valence-electron chi connectivity index (χ3n) is 3.48. The fourth-order valence-corrected chi connectivity index (χ4v) is 4.46. The van der Waals surface area contributed by atoms with E-state index < -0.39 is 16.1 Å². The minimum atomic E-state index is -3.59. The Morgan fingerprint density at radius 2 is 2.00 bits per heavy atom. The van der Waals surface area contributed by atoms with Crippen LogP contribution in [0.4, 0.5) is 0 Å². The number of rotatable bonds is 3. The lowest BCUT2D eigenvalue weighted by atomic mass is 9.93. The third-order valence-corrected chi connectivity index (χ3v) is 5.60. The molecule has 2 N–H and O–H groups in total. The first-order valence-electron chi connectivity index (χ1n) is 6.37. The molecule has 2 atom stereocenters. The molecule has 6 heteroatoms. The van der Waals surface area contributed by atoms with E-state index in [0.29, 0.717) is 18.4 Å². The maximum Gasteiger partial charge on any atom is 0.241 e. The van der Waals surface area contributed by atoms with Crippen molar-refractivity contribution in [2.24, 2.45) is 0 Å². The van der Waals surface area contributed by atoms with E-state index in [1.165, 1.54) is 0 Å². The standard InChI is InChI=1S/C13H18BrNO3S/c1-9-6-7-10(14)8-13(9)19(17,18)15-11-4-2-3-5-12(11)16/h6-8,11-12,15-16H,2-5H2,1H3/t11-,12-/m1/s1. The van der Waals surface area contributed by atoms with E-state index in [1.54, 1.807) is 19.1 Å². The molecule has 0 amide bonds. The molecule has 106 valence electrons. The van der Waals surface area contributed by atoms with Crippen molar-refractivity contribution >= 4 is 26.0 Å². The summed E-state index contributed by atoms with van der Waals surface area (Å²) < 4.78 is 28.1. The highest BCUT2D eigenvalue weighted by Crippen LogP contribution is 2.24. The van der Waals surface area contributed by atoms with Crippen LogP contribution in [-0.4, -0.2) is 25.7 Å². The molecule has 1 fully saturated rings. The van der Waals surface area contributed by atoms with Gasteiger partial charge in [-0.15, -0.1) is 0 Å². The minimum absolute atomic E-state index is 0.264. The van der Waals surface area contributed by atoms with Gasteiger partial charge in [-0.1, -0.05) is 34.8 Å². The molecule has 0 aromatic heterocycles. The Kier molecular flexibility index (Phi) is 4.66. The quantitative estimate of drug-likeness (QED) is 0.881. The molecule has 1 aliphatic carbocycles. The summed E-state index contributed by atoms with van der Waals surface area (Å²) in [5.41, 5.74) is 0.695. The van der Waals surface area contributed by atoms with Crippen molar-refractivity contribution in [2.45, 2.75) is 49.6 Å². The van der Waals surface area contributed by atoms with Gasteiger partial charge < -0.3 is 5.11 Å². The van der Waals surface area contributed by atoms with E-state index in [2.05, 4.69) is 20.7 Å². The number of nitrogens with one attached hydrogen (secondary N) is 1. The van der Waals surface area contributed by atoms with Gasteiger partial charge in [0.05, 0.1) is 11.0 Å². The van der Waals surface area contributed by atoms with E-state index in [0.717, 1.165) is 17.3 Å². The summed E-state index contributed by atoms with van der Waals surface area (Å²) in [6, 6.07) is 4.78. The van der Waals surface area contributed by atoms with Crippen LogP contribution in [0, 0.1) is 6.92 Å². The van der Waals surface area contributed by atoms with Gasteiger partial charge in [0.25, 0.3) is 0 Å². The van der Waals surface area contributed by atoms with Crippen molar-refractivity contribution in [1.29, 1.82) is 0 Å². The number of halogens is 1. The maximum absolute atomic E-state index is 12.4. The van der Waals surface area contributed by atoms with Crippen LogP contribution < -0.4 is 4.72 Å². The molecule has 4 nitrogen and oxygen atoms in total. The molecule has 0 saturated heterocycles. The number of hydrogen-bond donors (Lipinski definition) is 2. The van der Waals surface area contributed by atoms with Gasteiger partial charge in [0.2, 0.25) is 10.0 Å². The number of aryl methyl sites for hydroxylation is 1. The van der Waals surface area contributed by atoms with Gasteiger partial charge in [0.15, 0.2) is 0 Å². The zero-order valence-electron chi connectivity index (χ0n) is 10.8. The average molecular weight is 348 g/mol. The summed E-state index contributed by atoms with van der Waals surface area (Å²) in [4.78, 5) is 0.264. The lowest BCUT2D eigenvalue weighted by Crippen LogP contribution is -2.45. The van der Waals surface area contributed by atoms with Gasteiger partial charge in [-0.05, 0) is 37.5 Å². The SMILES string of the molecule is Cc1ccc(Br)cc1S(=O)(=O)N[C@@H]1CCCC[C@H]1O. The van der Waals surface area contributed by atoms with E-state index in [4.69, 9.17) is 0 Å². The molecular weight excluding hydrogens is 330 g/mol. The van der Waals surface area contributed by atoms with Crippen LogP contribution in [-0.2, 0) is 10.0 Å². The van der Waals surface area contributed by atoms with Crippen LogP contribution in [0.1, 0.15) is 31.2 Å². The fraction of sp³-hybridized carbons (Fsp3) is 0.538. The summed E-state index contributed by atoms with van der Waals surface area (Å²) in [6.07, 6.45) is 2.66. The van der Waals surface area contributed by atoms with Crippen LogP contribution in [0.3, 0.4) is 0 Å². The van der Waals surface area contributed by atoms with Crippen LogP contribution >= 0.6 is 15.9 Å². The Labute approximate surface area is 122 Å². The van der Waals surface area contributed by atoms with Crippen molar-refractivity contribution in [2.75, 3.05) is 0 Å². The van der Waals surface area contributed by atoms with Crippen molar-refractivity contribution < 1.29 is 13.5 Å². The summed E-state index contributed by atoms with van der Waals surface area (Å²) in [6.45, 7) is 1.76. The first-order chi connectivity index (χ1) is 8.90. The second-order valence-electron chi connectivity index (χ2n) is 4.99. The zero-order valence-corrected chi connectivity index (χ0v) is 13.2. The van der Waals surface area contributed by atoms with Crippen molar-refractivity contribution in [3.05, 3.63) is 28.2 Å². The molecule has 1 saturated carbocycles. The Morgan fingerprint density at radius 1 is 1.32 bits per heavy atom. The molecule has 0 unspecified atom stereocenters. The molecule has 1 aliphatic rings. The third kappa shape index (κ3) is 3.56. The highest BCUT2D eigenvalue weighted by Gasteiger charge is 2.28. The highest BCUT2D eigenvalue weighted by molar-refractivity contribution is 9.10. The monoisotopic (exact) mass is 347 g/mol. The lowest BCUT2D eigenvalue weighted by molar-refractivity contribution is 0.101. The lowest BCUT2D eigenvalue weighted by Gasteiger charge is -2.28. The molecular formula is C13H18BrNO3S. The number of sulfonamides is 1. The number of aliphatic hydroxyl groups excluding tert-OH is 1. The van der Waals surface area contributed by atoms with E-state index in [-0.39, 0.29) is 10.9 Å². The maximum atomic E-state index is 12.4. The Bertz CT molecular complexity index is 559. The van der Waals surface area contributed by atoms with Crippen LogP contribution in [0.25, 0.3) is 0 Å². The molecule has 0 bridgehead atoms. The molecule has 2 rings (SSSR count). The van der Waals surface area contributed by atoms with Gasteiger partial charge in [-0.2, -0.15) is 0 Å². The molecule has 0 spiro atoms. The zero-order chi connectivity index (χ0) is 14.0. The van der Waals surface area contributed by atoms with Gasteiger partial charge >= 0.3 is 0 Å². The number of aliphatic hydroxyl groups is 1. The smallest absolute Gasteiger partial charge is 0.241 e. The second-order valence-corrected chi connectivity index (χ2v) is 7.59. The van der Waals surface area contributed by atoms with Crippen molar-refractivity contribution in [1.82, 2.24) is 4.72 Å². The normalized spacial score (nSPS) is 24.4. The molecule has 0 radical (unpaired) electrons. The topological polar surface area (TPSA) is 66.4 Å². The first kappa shape index (κ1) is 15.0. The van der Waals surface area contributed by atoms with Gasteiger partial charge in [0, 0.05) is 10.5 Å². The summed E-state index contributed by atoms with van der Waals surface area (Å²) in [5, 5.41) is 9.87. The second kappa shape index (κ2) is 5.91. The Hall–Kier alpha value is -0.430. The number of benzene rings is 1. The Balaban J connectivity index is 2.24. The van der Waals surface area contributed by atoms with Gasteiger partial charge in [-0.25, -0.2) is 13.1 Å². The number of hydrogen-bond acceptors (Lipinski definition) is 3. The van der Waals surface area contributed by atoms with E-state index in [1.807, 2.05) is 6.07 Å². The fourth-order valence-electron chi connectivity index (χ4n) is 2.37. The van der Waals surface area contributed by atoms with E-state index >= 15 is 0 Å². The average Bonchev–Trinajstić information content (AvgIpc) is 2.35. The summed E-state index contributed by atoms with van der Waals surface area (Å²) in [7, 11) is -3.59. The van der Waals surface area contributed by atoms with E-state index in [9.17, 15) is 13.5 Å². The molecule has 0 aliphatic heterocycles. The predicted octanol–water partition coefficient (Wildman–Crippen LogP) is 2.34. The molecule has 19 heavy (non-hydrogen) atoms. The van der Waals surface area contributed by atoms with Crippen LogP contribution in [0.15, 0.2) is 27.6 Å². The molecule has 1 aromatic carbocycles. The summed E-state index contributed by atoms with van der Waals surface area (Å²) >= 11 is 3.28. The van der Waals surface area contributed by atoms with Gasteiger partial charge in [-0.3, -0.25) is 0 Å². The minimum Gasteiger partial charge on any atom is -0.391 e. The molecule has 0 heterocycles. The highest BCUT2D eigenvalue weighted by atomic mass is 79.9. The van der Waals surface area contributed by atoms with Crippen molar-refractivity contribution in [3.8, 4) is 0 Å². The van der Waals surface area contributed by atoms with Crippen molar-refractivity contribution in [3.63, 3.8) is 0 Å². The van der Waals surface area contributed by atoms with Crippen LogP contribution in [0.2, 0.25) is 0 Å². The molecule has 1 aromatic rings. The van der Waals surface area contributed by atoms with Gasteiger partial charge in [0.1, 0.15) is 0 Å².